The van der Waals surface area contributed by atoms with Crippen molar-refractivity contribution in [3.05, 3.63) is 65.0 Å². The Morgan fingerprint density at radius 1 is 1.14 bits per heavy atom. The predicted octanol–water partition coefficient (Wildman–Crippen LogP) is 4.25. The second kappa shape index (κ2) is 7.23. The van der Waals surface area contributed by atoms with E-state index in [1.54, 1.807) is 6.07 Å². The van der Waals surface area contributed by atoms with Gasteiger partial charge in [-0.2, -0.15) is 0 Å². The van der Waals surface area contributed by atoms with Gasteiger partial charge in [0.15, 0.2) is 0 Å². The molecule has 0 aliphatic heterocycles. The van der Waals surface area contributed by atoms with Gasteiger partial charge in [-0.1, -0.05) is 32.0 Å². The van der Waals surface area contributed by atoms with Crippen LogP contribution >= 0.6 is 0 Å². The summed E-state index contributed by atoms with van der Waals surface area (Å²) < 4.78 is 19.6. The first-order valence-corrected chi connectivity index (χ1v) is 7.25. The Balaban J connectivity index is 2.09. The Hall–Kier alpha value is -1.87. The molecule has 2 nitrogen and oxygen atoms in total. The molecule has 0 saturated carbocycles. The summed E-state index contributed by atoms with van der Waals surface area (Å²) in [4.78, 5) is 0. The van der Waals surface area contributed by atoms with E-state index in [9.17, 15) is 4.39 Å². The lowest BCUT2D eigenvalue weighted by molar-refractivity contribution is 0.299. The lowest BCUT2D eigenvalue weighted by Crippen LogP contribution is -2.07. The monoisotopic (exact) mass is 287 g/mol. The molecule has 2 aromatic carbocycles. The average molecular weight is 287 g/mol. The largest absolute Gasteiger partial charge is 0.489 e. The van der Waals surface area contributed by atoms with Crippen LogP contribution in [-0.2, 0) is 13.2 Å². The summed E-state index contributed by atoms with van der Waals surface area (Å²) in [7, 11) is 1.87. The lowest BCUT2D eigenvalue weighted by Gasteiger charge is -2.11. The van der Waals surface area contributed by atoms with Crippen molar-refractivity contribution in [2.75, 3.05) is 7.05 Å². The van der Waals surface area contributed by atoms with E-state index in [4.69, 9.17) is 4.74 Å². The van der Waals surface area contributed by atoms with Crippen LogP contribution < -0.4 is 10.1 Å². The van der Waals surface area contributed by atoms with Crippen molar-refractivity contribution in [1.29, 1.82) is 0 Å². The van der Waals surface area contributed by atoms with Gasteiger partial charge in [0.05, 0.1) is 0 Å². The van der Waals surface area contributed by atoms with Gasteiger partial charge in [-0.3, -0.25) is 0 Å². The highest BCUT2D eigenvalue weighted by Gasteiger charge is 2.06. The fourth-order valence-corrected chi connectivity index (χ4v) is 2.18. The van der Waals surface area contributed by atoms with E-state index in [1.807, 2.05) is 31.3 Å². The normalized spacial score (nSPS) is 10.9. The third kappa shape index (κ3) is 4.30. The summed E-state index contributed by atoms with van der Waals surface area (Å²) in [6.45, 7) is 5.24. The SMILES string of the molecule is CNCc1ccc(F)c(COc2cccc(C(C)C)c2)c1. The molecule has 1 N–H and O–H groups in total. The summed E-state index contributed by atoms with van der Waals surface area (Å²) in [6, 6.07) is 13.1. The van der Waals surface area contributed by atoms with Gasteiger partial charge in [-0.05, 0) is 48.4 Å². The van der Waals surface area contributed by atoms with Crippen LogP contribution in [0.4, 0.5) is 4.39 Å². The molecule has 0 heterocycles. The van der Waals surface area contributed by atoms with E-state index in [0.717, 1.165) is 17.9 Å². The van der Waals surface area contributed by atoms with E-state index < -0.39 is 0 Å². The van der Waals surface area contributed by atoms with Gasteiger partial charge in [-0.25, -0.2) is 4.39 Å². The molecule has 0 amide bonds. The minimum absolute atomic E-state index is 0.227. The van der Waals surface area contributed by atoms with Gasteiger partial charge in [0, 0.05) is 12.1 Å². The zero-order valence-corrected chi connectivity index (χ0v) is 12.8. The molecule has 0 bridgehead atoms. The zero-order valence-electron chi connectivity index (χ0n) is 12.8. The van der Waals surface area contributed by atoms with Gasteiger partial charge in [0.25, 0.3) is 0 Å². The Morgan fingerprint density at radius 2 is 1.95 bits per heavy atom. The quantitative estimate of drug-likeness (QED) is 0.857. The highest BCUT2D eigenvalue weighted by atomic mass is 19.1. The highest BCUT2D eigenvalue weighted by molar-refractivity contribution is 5.31. The molecule has 21 heavy (non-hydrogen) atoms. The molecule has 2 aromatic rings. The maximum Gasteiger partial charge on any atom is 0.129 e. The Bertz CT molecular complexity index is 596. The molecule has 0 aromatic heterocycles. The van der Waals surface area contributed by atoms with Crippen molar-refractivity contribution in [1.82, 2.24) is 5.32 Å². The molecular weight excluding hydrogens is 265 g/mol. The number of hydrogen-bond acceptors (Lipinski definition) is 2. The van der Waals surface area contributed by atoms with Gasteiger partial charge >= 0.3 is 0 Å². The highest BCUT2D eigenvalue weighted by Crippen LogP contribution is 2.21. The van der Waals surface area contributed by atoms with Gasteiger partial charge < -0.3 is 10.1 Å². The van der Waals surface area contributed by atoms with Crippen LogP contribution in [0.15, 0.2) is 42.5 Å². The Labute approximate surface area is 126 Å². The predicted molar refractivity (Wildman–Crippen MR) is 84.0 cm³/mol. The van der Waals surface area contributed by atoms with E-state index in [1.165, 1.54) is 11.6 Å². The second-order valence-electron chi connectivity index (χ2n) is 5.47. The topological polar surface area (TPSA) is 21.3 Å². The third-order valence-electron chi connectivity index (χ3n) is 3.41. The molecule has 0 radical (unpaired) electrons. The minimum Gasteiger partial charge on any atom is -0.489 e. The standard InChI is InChI=1S/C18H22FNO/c1-13(2)15-5-4-6-17(10-15)21-12-16-9-14(11-20-3)7-8-18(16)19/h4-10,13,20H,11-12H2,1-3H3. The first-order valence-electron chi connectivity index (χ1n) is 7.25. The second-order valence-corrected chi connectivity index (χ2v) is 5.47. The van der Waals surface area contributed by atoms with Crippen molar-refractivity contribution in [3.63, 3.8) is 0 Å². The van der Waals surface area contributed by atoms with Gasteiger partial charge in [0.2, 0.25) is 0 Å². The molecule has 0 saturated heterocycles. The molecule has 0 unspecified atom stereocenters. The molecule has 112 valence electrons. The van der Waals surface area contributed by atoms with Crippen molar-refractivity contribution in [2.45, 2.75) is 32.9 Å². The Morgan fingerprint density at radius 3 is 2.67 bits per heavy atom. The molecule has 2 rings (SSSR count). The number of benzene rings is 2. The number of hydrogen-bond donors (Lipinski definition) is 1. The molecule has 0 aliphatic rings. The lowest BCUT2D eigenvalue weighted by atomic mass is 10.0. The maximum absolute atomic E-state index is 13.8. The molecule has 0 aliphatic carbocycles. The minimum atomic E-state index is -0.227. The average Bonchev–Trinajstić information content (AvgIpc) is 2.48. The first kappa shape index (κ1) is 15.5. The smallest absolute Gasteiger partial charge is 0.129 e. The van der Waals surface area contributed by atoms with E-state index in [-0.39, 0.29) is 12.4 Å². The van der Waals surface area contributed by atoms with Crippen molar-refractivity contribution >= 4 is 0 Å². The summed E-state index contributed by atoms with van der Waals surface area (Å²) >= 11 is 0. The summed E-state index contributed by atoms with van der Waals surface area (Å²) in [5, 5.41) is 3.06. The third-order valence-corrected chi connectivity index (χ3v) is 3.41. The fourth-order valence-electron chi connectivity index (χ4n) is 2.18. The zero-order chi connectivity index (χ0) is 15.2. The van der Waals surface area contributed by atoms with E-state index in [0.29, 0.717) is 11.5 Å². The maximum atomic E-state index is 13.8. The van der Waals surface area contributed by atoms with Crippen LogP contribution in [0.3, 0.4) is 0 Å². The van der Waals surface area contributed by atoms with Gasteiger partial charge in [-0.15, -0.1) is 0 Å². The summed E-state index contributed by atoms with van der Waals surface area (Å²) in [6.07, 6.45) is 0. The molecule has 3 heteroatoms. The number of rotatable bonds is 6. The summed E-state index contributed by atoms with van der Waals surface area (Å²) in [5.41, 5.74) is 2.85. The van der Waals surface area contributed by atoms with Crippen LogP contribution in [0.2, 0.25) is 0 Å². The van der Waals surface area contributed by atoms with Crippen LogP contribution in [0.25, 0.3) is 0 Å². The number of halogens is 1. The molecule has 0 spiro atoms. The van der Waals surface area contributed by atoms with E-state index >= 15 is 0 Å². The van der Waals surface area contributed by atoms with Crippen molar-refractivity contribution < 1.29 is 9.13 Å². The summed E-state index contributed by atoms with van der Waals surface area (Å²) in [5.74, 6) is 0.999. The van der Waals surface area contributed by atoms with Crippen molar-refractivity contribution in [3.8, 4) is 5.75 Å². The van der Waals surface area contributed by atoms with Crippen LogP contribution in [0.1, 0.15) is 36.5 Å². The molecule has 0 fully saturated rings. The number of ether oxygens (including phenoxy) is 1. The fraction of sp³-hybridized carbons (Fsp3) is 0.333. The molecule has 0 atom stereocenters. The Kier molecular flexibility index (Phi) is 5.34. The number of nitrogens with one attached hydrogen (secondary N) is 1. The van der Waals surface area contributed by atoms with E-state index in [2.05, 4.69) is 25.2 Å². The molecular formula is C18H22FNO. The van der Waals surface area contributed by atoms with Crippen LogP contribution in [0, 0.1) is 5.82 Å². The van der Waals surface area contributed by atoms with Crippen LogP contribution in [0.5, 0.6) is 5.75 Å². The first-order chi connectivity index (χ1) is 10.1. The van der Waals surface area contributed by atoms with Crippen molar-refractivity contribution in [2.24, 2.45) is 0 Å². The van der Waals surface area contributed by atoms with Gasteiger partial charge in [0.1, 0.15) is 18.2 Å². The van der Waals surface area contributed by atoms with Crippen LogP contribution in [-0.4, -0.2) is 7.05 Å².